The lowest BCUT2D eigenvalue weighted by Crippen LogP contribution is -2.50. The second-order valence-electron chi connectivity index (χ2n) is 9.96. The Morgan fingerprint density at radius 2 is 1.53 bits per heavy atom. The van der Waals surface area contributed by atoms with Crippen LogP contribution in [-0.2, 0) is 9.53 Å². The molecule has 6 heteroatoms. The smallest absolute Gasteiger partial charge is 0.407 e. The van der Waals surface area contributed by atoms with Gasteiger partial charge in [0.1, 0.15) is 12.6 Å². The lowest BCUT2D eigenvalue weighted by Gasteiger charge is -2.25. The number of fused-ring (bicyclic) bond motifs is 3. The molecule has 3 rings (SSSR count). The first-order valence-electron chi connectivity index (χ1n) is 11.4. The number of nitrogens with one attached hydrogen (secondary N) is 2. The lowest BCUT2D eigenvalue weighted by atomic mass is 9.98. The monoisotopic (exact) mass is 438 g/mol. The normalized spacial score (nSPS) is 13.9. The van der Waals surface area contributed by atoms with Gasteiger partial charge in [-0.05, 0) is 34.6 Å². The standard InChI is InChI=1S/C26H35N3O3/c1-18(2)16-24(25(30)27-14-15-29(3,4)5)28-26(31)32-17-23-21-12-8-6-10-19(21)20-11-7-9-13-22(20)23/h6-13,18,23-24H,14-17H2,1-5H3,(H-,27,28,30,31)/p+1/t24-/m0/s1. The van der Waals surface area contributed by atoms with E-state index in [1.165, 1.54) is 22.3 Å². The minimum atomic E-state index is -0.613. The summed E-state index contributed by atoms with van der Waals surface area (Å²) in [5, 5.41) is 5.74. The molecule has 6 nitrogen and oxygen atoms in total. The molecule has 0 aromatic heterocycles. The van der Waals surface area contributed by atoms with E-state index in [9.17, 15) is 9.59 Å². The molecule has 1 atom stereocenters. The van der Waals surface area contributed by atoms with Crippen molar-refractivity contribution in [2.75, 3.05) is 40.8 Å². The van der Waals surface area contributed by atoms with E-state index in [-0.39, 0.29) is 24.3 Å². The third kappa shape index (κ3) is 6.10. The number of likely N-dealkylation sites (N-methyl/N-ethyl adjacent to an activating group) is 1. The molecule has 1 aliphatic rings. The zero-order chi connectivity index (χ0) is 23.3. The average molecular weight is 439 g/mol. The van der Waals surface area contributed by atoms with Crippen LogP contribution in [-0.4, -0.2) is 63.4 Å². The zero-order valence-corrected chi connectivity index (χ0v) is 19.9. The van der Waals surface area contributed by atoms with Gasteiger partial charge in [0.05, 0.1) is 34.2 Å². The molecule has 0 saturated carbocycles. The van der Waals surface area contributed by atoms with Crippen LogP contribution in [0.5, 0.6) is 0 Å². The Labute approximate surface area is 191 Å². The van der Waals surface area contributed by atoms with Crippen molar-refractivity contribution in [1.82, 2.24) is 10.6 Å². The molecular weight excluding hydrogens is 402 g/mol. The first kappa shape index (κ1) is 23.8. The van der Waals surface area contributed by atoms with Crippen molar-refractivity contribution in [2.24, 2.45) is 5.92 Å². The van der Waals surface area contributed by atoms with Crippen LogP contribution in [0.4, 0.5) is 4.79 Å². The highest BCUT2D eigenvalue weighted by Gasteiger charge is 2.30. The van der Waals surface area contributed by atoms with Gasteiger partial charge < -0.3 is 19.9 Å². The van der Waals surface area contributed by atoms with E-state index in [1.807, 2.05) is 38.1 Å². The van der Waals surface area contributed by atoms with Crippen LogP contribution in [0.15, 0.2) is 48.5 Å². The van der Waals surface area contributed by atoms with Crippen molar-refractivity contribution in [2.45, 2.75) is 32.2 Å². The van der Waals surface area contributed by atoms with E-state index in [2.05, 4.69) is 56.0 Å². The van der Waals surface area contributed by atoms with Crippen molar-refractivity contribution >= 4 is 12.0 Å². The minimum absolute atomic E-state index is 0.00456. The first-order chi connectivity index (χ1) is 15.2. The highest BCUT2D eigenvalue weighted by Crippen LogP contribution is 2.44. The van der Waals surface area contributed by atoms with Gasteiger partial charge in [-0.1, -0.05) is 62.4 Å². The predicted molar refractivity (Wildman–Crippen MR) is 127 cm³/mol. The summed E-state index contributed by atoms with van der Waals surface area (Å²) < 4.78 is 6.39. The number of benzene rings is 2. The predicted octanol–water partition coefficient (Wildman–Crippen LogP) is 3.76. The van der Waals surface area contributed by atoms with E-state index in [0.717, 1.165) is 11.0 Å². The van der Waals surface area contributed by atoms with Crippen molar-refractivity contribution < 1.29 is 18.8 Å². The summed E-state index contributed by atoms with van der Waals surface area (Å²) in [5.74, 6) is 0.0915. The summed E-state index contributed by atoms with van der Waals surface area (Å²) in [6.45, 7) is 5.67. The van der Waals surface area contributed by atoms with Gasteiger partial charge in [-0.25, -0.2) is 4.79 Å². The fraction of sp³-hybridized carbons (Fsp3) is 0.462. The largest absolute Gasteiger partial charge is 0.449 e. The Morgan fingerprint density at radius 1 is 0.969 bits per heavy atom. The zero-order valence-electron chi connectivity index (χ0n) is 19.9. The number of alkyl carbamates (subject to hydrolysis) is 1. The molecule has 0 unspecified atom stereocenters. The maximum Gasteiger partial charge on any atom is 0.407 e. The van der Waals surface area contributed by atoms with Crippen LogP contribution in [0.1, 0.15) is 37.3 Å². The van der Waals surface area contributed by atoms with Crippen molar-refractivity contribution in [3.63, 3.8) is 0 Å². The molecule has 172 valence electrons. The Morgan fingerprint density at radius 3 is 2.06 bits per heavy atom. The maximum absolute atomic E-state index is 12.7. The van der Waals surface area contributed by atoms with Gasteiger partial charge in [0.15, 0.2) is 0 Å². The Bertz CT molecular complexity index is 904. The Kier molecular flexibility index (Phi) is 7.56. The van der Waals surface area contributed by atoms with Crippen LogP contribution in [0.3, 0.4) is 0 Å². The molecule has 0 bridgehead atoms. The van der Waals surface area contributed by atoms with Gasteiger partial charge in [0.25, 0.3) is 0 Å². The number of carbonyl (C=O) groups excluding carboxylic acids is 2. The lowest BCUT2D eigenvalue weighted by molar-refractivity contribution is -0.869. The van der Waals surface area contributed by atoms with Crippen molar-refractivity contribution in [3.05, 3.63) is 59.7 Å². The molecule has 2 N–H and O–H groups in total. The number of rotatable bonds is 9. The van der Waals surface area contributed by atoms with E-state index in [0.29, 0.717) is 13.0 Å². The van der Waals surface area contributed by atoms with Gasteiger partial charge in [-0.2, -0.15) is 0 Å². The Hall–Kier alpha value is -2.86. The fourth-order valence-corrected chi connectivity index (χ4v) is 4.12. The van der Waals surface area contributed by atoms with E-state index in [1.54, 1.807) is 0 Å². The van der Waals surface area contributed by atoms with Crippen LogP contribution >= 0.6 is 0 Å². The van der Waals surface area contributed by atoms with E-state index in [4.69, 9.17) is 4.74 Å². The molecule has 1 aliphatic carbocycles. The molecule has 32 heavy (non-hydrogen) atoms. The van der Waals surface area contributed by atoms with Gasteiger partial charge in [0, 0.05) is 5.92 Å². The first-order valence-corrected chi connectivity index (χ1v) is 11.4. The van der Waals surface area contributed by atoms with E-state index >= 15 is 0 Å². The molecule has 0 aliphatic heterocycles. The summed E-state index contributed by atoms with van der Waals surface area (Å²) >= 11 is 0. The highest BCUT2D eigenvalue weighted by atomic mass is 16.5. The molecule has 0 spiro atoms. The second-order valence-corrected chi connectivity index (χ2v) is 9.96. The highest BCUT2D eigenvalue weighted by molar-refractivity contribution is 5.85. The Balaban J connectivity index is 1.61. The number of hydrogen-bond donors (Lipinski definition) is 2. The maximum atomic E-state index is 12.7. The van der Waals surface area contributed by atoms with Gasteiger partial charge in [-0.3, -0.25) is 4.79 Å². The number of carbonyl (C=O) groups is 2. The summed E-state index contributed by atoms with van der Waals surface area (Å²) in [6.07, 6.45) is -0.000280. The summed E-state index contributed by atoms with van der Waals surface area (Å²) in [7, 11) is 6.23. The molecule has 2 amide bonds. The topological polar surface area (TPSA) is 67.4 Å². The SMILES string of the molecule is CC(C)C[C@H](NC(=O)OCC1c2ccccc2-c2ccccc21)C(=O)NCC[N+](C)(C)C. The van der Waals surface area contributed by atoms with Crippen molar-refractivity contribution in [1.29, 1.82) is 0 Å². The minimum Gasteiger partial charge on any atom is -0.449 e. The molecule has 2 aromatic carbocycles. The number of quaternary nitrogens is 1. The summed E-state index contributed by atoms with van der Waals surface area (Å²) in [6, 6.07) is 15.8. The average Bonchev–Trinajstić information content (AvgIpc) is 3.04. The van der Waals surface area contributed by atoms with Gasteiger partial charge in [-0.15, -0.1) is 0 Å². The van der Waals surface area contributed by atoms with Crippen LogP contribution < -0.4 is 10.6 Å². The second kappa shape index (κ2) is 10.2. The molecular formula is C26H36N3O3+. The van der Waals surface area contributed by atoms with Crippen LogP contribution in [0.2, 0.25) is 0 Å². The summed E-state index contributed by atoms with van der Waals surface area (Å²) in [5.41, 5.74) is 4.70. The van der Waals surface area contributed by atoms with Crippen LogP contribution in [0, 0.1) is 5.92 Å². The summed E-state index contributed by atoms with van der Waals surface area (Å²) in [4.78, 5) is 25.3. The number of ether oxygens (including phenoxy) is 1. The van der Waals surface area contributed by atoms with Crippen LogP contribution in [0.25, 0.3) is 11.1 Å². The molecule has 0 radical (unpaired) electrons. The van der Waals surface area contributed by atoms with Gasteiger partial charge in [0.2, 0.25) is 5.91 Å². The quantitative estimate of drug-likeness (QED) is 0.586. The number of hydrogen-bond acceptors (Lipinski definition) is 3. The number of amides is 2. The van der Waals surface area contributed by atoms with Gasteiger partial charge >= 0.3 is 6.09 Å². The molecule has 0 saturated heterocycles. The third-order valence-corrected chi connectivity index (χ3v) is 5.74. The molecule has 2 aromatic rings. The van der Waals surface area contributed by atoms with E-state index < -0.39 is 12.1 Å². The third-order valence-electron chi connectivity index (χ3n) is 5.74. The number of nitrogens with zero attached hydrogens (tertiary/aromatic N) is 1. The van der Waals surface area contributed by atoms with Crippen molar-refractivity contribution in [3.8, 4) is 11.1 Å². The molecule has 0 heterocycles. The molecule has 0 fully saturated rings. The fourth-order valence-electron chi connectivity index (χ4n) is 4.12.